The maximum absolute atomic E-state index is 8.77. The zero-order valence-electron chi connectivity index (χ0n) is 12.0. The minimum atomic E-state index is 0.678. The standard InChI is InChI=1S/C16H18N4S/c1-18-16(19-9-8-15-3-2-10-21-15)20-12-14-6-4-13(11-17)5-7-14/h2-7,10H,8-9,12H2,1H3,(H2,18,19,20). The Bertz CT molecular complexity index is 609. The Morgan fingerprint density at radius 2 is 2.05 bits per heavy atom. The number of hydrogen-bond donors (Lipinski definition) is 2. The van der Waals surface area contributed by atoms with E-state index in [2.05, 4.69) is 39.2 Å². The summed E-state index contributed by atoms with van der Waals surface area (Å²) in [6.45, 7) is 1.54. The molecule has 0 aliphatic rings. The Morgan fingerprint density at radius 3 is 2.67 bits per heavy atom. The highest BCUT2D eigenvalue weighted by molar-refractivity contribution is 7.09. The smallest absolute Gasteiger partial charge is 0.191 e. The van der Waals surface area contributed by atoms with Crippen LogP contribution in [0.15, 0.2) is 46.8 Å². The molecule has 0 atom stereocenters. The van der Waals surface area contributed by atoms with Gasteiger partial charge in [-0.1, -0.05) is 18.2 Å². The van der Waals surface area contributed by atoms with Crippen LogP contribution >= 0.6 is 11.3 Å². The highest BCUT2D eigenvalue weighted by Crippen LogP contribution is 2.08. The van der Waals surface area contributed by atoms with Crippen LogP contribution in [0.2, 0.25) is 0 Å². The summed E-state index contributed by atoms with van der Waals surface area (Å²) in [5.41, 5.74) is 1.80. The largest absolute Gasteiger partial charge is 0.356 e. The molecule has 0 amide bonds. The van der Waals surface area contributed by atoms with E-state index in [1.807, 2.05) is 24.3 Å². The molecule has 2 aromatic rings. The topological polar surface area (TPSA) is 60.2 Å². The van der Waals surface area contributed by atoms with Gasteiger partial charge >= 0.3 is 0 Å². The first-order valence-electron chi connectivity index (χ1n) is 6.78. The number of benzene rings is 1. The van der Waals surface area contributed by atoms with Gasteiger partial charge < -0.3 is 10.6 Å². The molecule has 0 aliphatic heterocycles. The van der Waals surface area contributed by atoms with Crippen LogP contribution in [-0.4, -0.2) is 19.6 Å². The van der Waals surface area contributed by atoms with Crippen LogP contribution in [0.4, 0.5) is 0 Å². The second-order valence-electron chi connectivity index (χ2n) is 4.49. The van der Waals surface area contributed by atoms with Crippen molar-refractivity contribution in [1.29, 1.82) is 5.26 Å². The Kier molecular flexibility index (Phi) is 5.80. The van der Waals surface area contributed by atoms with E-state index in [-0.39, 0.29) is 0 Å². The fraction of sp³-hybridized carbons (Fsp3) is 0.250. The number of nitrogens with one attached hydrogen (secondary N) is 2. The predicted octanol–water partition coefficient (Wildman–Crippen LogP) is 2.53. The molecule has 2 N–H and O–H groups in total. The van der Waals surface area contributed by atoms with Gasteiger partial charge in [0.25, 0.3) is 0 Å². The van der Waals surface area contributed by atoms with Gasteiger partial charge in [0.1, 0.15) is 0 Å². The molecule has 1 aromatic heterocycles. The van der Waals surface area contributed by atoms with Gasteiger partial charge in [0.05, 0.1) is 11.6 Å². The summed E-state index contributed by atoms with van der Waals surface area (Å²) in [5.74, 6) is 0.788. The van der Waals surface area contributed by atoms with Crippen LogP contribution in [0.1, 0.15) is 16.0 Å². The Morgan fingerprint density at radius 1 is 1.24 bits per heavy atom. The first kappa shape index (κ1) is 15.1. The summed E-state index contributed by atoms with van der Waals surface area (Å²) in [6, 6.07) is 13.9. The summed E-state index contributed by atoms with van der Waals surface area (Å²) >= 11 is 1.77. The highest BCUT2D eigenvalue weighted by atomic mass is 32.1. The van der Waals surface area contributed by atoms with Crippen molar-refractivity contribution in [2.24, 2.45) is 4.99 Å². The number of aliphatic imine (C=N–C) groups is 1. The minimum Gasteiger partial charge on any atom is -0.356 e. The van der Waals surface area contributed by atoms with Gasteiger partial charge in [-0.2, -0.15) is 5.26 Å². The van der Waals surface area contributed by atoms with Gasteiger partial charge in [-0.3, -0.25) is 4.99 Å². The average Bonchev–Trinajstić information content (AvgIpc) is 3.04. The van der Waals surface area contributed by atoms with Crippen molar-refractivity contribution in [1.82, 2.24) is 10.6 Å². The predicted molar refractivity (Wildman–Crippen MR) is 87.4 cm³/mol. The highest BCUT2D eigenvalue weighted by Gasteiger charge is 1.99. The molecular formula is C16H18N4S. The maximum atomic E-state index is 8.77. The zero-order chi connectivity index (χ0) is 14.9. The molecule has 2 rings (SSSR count). The fourth-order valence-electron chi connectivity index (χ4n) is 1.86. The molecular weight excluding hydrogens is 280 g/mol. The zero-order valence-corrected chi connectivity index (χ0v) is 12.8. The molecule has 0 spiro atoms. The van der Waals surface area contributed by atoms with Crippen LogP contribution in [-0.2, 0) is 13.0 Å². The third-order valence-corrected chi connectivity index (χ3v) is 3.95. The number of hydrogen-bond acceptors (Lipinski definition) is 3. The monoisotopic (exact) mass is 298 g/mol. The molecule has 0 saturated heterocycles. The summed E-state index contributed by atoms with van der Waals surface area (Å²) < 4.78 is 0. The molecule has 0 bridgehead atoms. The Hall–Kier alpha value is -2.32. The number of nitriles is 1. The summed E-state index contributed by atoms with van der Waals surface area (Å²) in [4.78, 5) is 5.57. The van der Waals surface area contributed by atoms with Gasteiger partial charge in [-0.25, -0.2) is 0 Å². The van der Waals surface area contributed by atoms with Crippen LogP contribution < -0.4 is 10.6 Å². The average molecular weight is 298 g/mol. The SMILES string of the molecule is CN=C(NCCc1cccs1)NCc1ccc(C#N)cc1. The second-order valence-corrected chi connectivity index (χ2v) is 5.52. The van der Waals surface area contributed by atoms with Gasteiger partial charge in [-0.15, -0.1) is 11.3 Å². The number of nitrogens with zero attached hydrogens (tertiary/aromatic N) is 2. The Labute approximate surface area is 129 Å². The van der Waals surface area contributed by atoms with E-state index in [9.17, 15) is 0 Å². The first-order chi connectivity index (χ1) is 10.3. The lowest BCUT2D eigenvalue weighted by Gasteiger charge is -2.11. The molecule has 0 saturated carbocycles. The van der Waals surface area contributed by atoms with E-state index in [1.54, 1.807) is 18.4 Å². The van der Waals surface area contributed by atoms with Crippen molar-refractivity contribution in [3.63, 3.8) is 0 Å². The lowest BCUT2D eigenvalue weighted by molar-refractivity contribution is 0.799. The molecule has 1 heterocycles. The molecule has 21 heavy (non-hydrogen) atoms. The molecule has 4 nitrogen and oxygen atoms in total. The molecule has 0 radical (unpaired) electrons. The molecule has 0 fully saturated rings. The van der Waals surface area contributed by atoms with Crippen LogP contribution in [0, 0.1) is 11.3 Å². The van der Waals surface area contributed by atoms with Crippen LogP contribution in [0.5, 0.6) is 0 Å². The van der Waals surface area contributed by atoms with Gasteiger partial charge in [-0.05, 0) is 35.6 Å². The first-order valence-corrected chi connectivity index (χ1v) is 7.65. The van der Waals surface area contributed by atoms with E-state index in [1.165, 1.54) is 4.88 Å². The van der Waals surface area contributed by atoms with Crippen molar-refractivity contribution >= 4 is 17.3 Å². The summed E-state index contributed by atoms with van der Waals surface area (Å²) in [7, 11) is 1.76. The molecule has 1 aromatic carbocycles. The van der Waals surface area contributed by atoms with Crippen LogP contribution in [0.3, 0.4) is 0 Å². The second kappa shape index (κ2) is 8.08. The van der Waals surface area contributed by atoms with E-state index in [4.69, 9.17) is 5.26 Å². The van der Waals surface area contributed by atoms with Gasteiger partial charge in [0.2, 0.25) is 0 Å². The molecule has 0 aliphatic carbocycles. The molecule has 0 unspecified atom stereocenters. The summed E-state index contributed by atoms with van der Waals surface area (Å²) in [5, 5.41) is 17.4. The lowest BCUT2D eigenvalue weighted by Crippen LogP contribution is -2.37. The van der Waals surface area contributed by atoms with Crippen molar-refractivity contribution in [3.05, 3.63) is 57.8 Å². The quantitative estimate of drug-likeness (QED) is 0.659. The van der Waals surface area contributed by atoms with E-state index in [0.717, 1.165) is 24.5 Å². The maximum Gasteiger partial charge on any atom is 0.191 e. The van der Waals surface area contributed by atoms with E-state index in [0.29, 0.717) is 12.1 Å². The Balaban J connectivity index is 1.75. The third-order valence-electron chi connectivity index (χ3n) is 3.01. The normalized spacial score (nSPS) is 11.0. The molecule has 108 valence electrons. The third kappa shape index (κ3) is 4.93. The minimum absolute atomic E-state index is 0.678. The fourth-order valence-corrected chi connectivity index (χ4v) is 2.57. The van der Waals surface area contributed by atoms with Gasteiger partial charge in [0, 0.05) is 25.0 Å². The van der Waals surface area contributed by atoms with Crippen molar-refractivity contribution in [2.45, 2.75) is 13.0 Å². The van der Waals surface area contributed by atoms with Crippen LogP contribution in [0.25, 0.3) is 0 Å². The number of rotatable bonds is 5. The van der Waals surface area contributed by atoms with Crippen molar-refractivity contribution < 1.29 is 0 Å². The van der Waals surface area contributed by atoms with Crippen molar-refractivity contribution in [3.8, 4) is 6.07 Å². The van der Waals surface area contributed by atoms with Crippen molar-refractivity contribution in [2.75, 3.05) is 13.6 Å². The molecule has 5 heteroatoms. The van der Waals surface area contributed by atoms with E-state index >= 15 is 0 Å². The van der Waals surface area contributed by atoms with Gasteiger partial charge in [0.15, 0.2) is 5.96 Å². The number of guanidine groups is 1. The van der Waals surface area contributed by atoms with E-state index < -0.39 is 0 Å². The number of thiophene rings is 1. The lowest BCUT2D eigenvalue weighted by atomic mass is 10.1. The summed E-state index contributed by atoms with van der Waals surface area (Å²) in [6.07, 6.45) is 0.995.